The molecule has 8 rings (SSSR count). The van der Waals surface area contributed by atoms with Crippen molar-refractivity contribution in [3.05, 3.63) is 155 Å². The third-order valence-corrected chi connectivity index (χ3v) is 8.58. The minimum atomic E-state index is -0.0742. The standard InChI is InChI=1S/C38H28N2O2/c1-38(2)29-12-5-3-10-27(29)37(28-11-4-6-13-30(28)38)25-17-19-34-36(22-25)42-35-21-24(16-18-33(35)41-34)31-14-7-15-32(40-31)26-9-8-20-39-23-26/h3-23,37H,1-2H3. The molecule has 42 heavy (non-hydrogen) atoms. The first-order valence-corrected chi connectivity index (χ1v) is 14.3. The maximum absolute atomic E-state index is 6.54. The third-order valence-electron chi connectivity index (χ3n) is 8.58. The van der Waals surface area contributed by atoms with Gasteiger partial charge in [-0.15, -0.1) is 0 Å². The summed E-state index contributed by atoms with van der Waals surface area (Å²) in [5.74, 6) is 2.91. The fourth-order valence-corrected chi connectivity index (χ4v) is 6.51. The summed E-state index contributed by atoms with van der Waals surface area (Å²) in [7, 11) is 0. The van der Waals surface area contributed by atoms with E-state index < -0.39 is 0 Å². The highest BCUT2D eigenvalue weighted by atomic mass is 16.6. The molecule has 3 heterocycles. The Bertz CT molecular complexity index is 1930. The van der Waals surface area contributed by atoms with E-state index in [2.05, 4.69) is 79.5 Å². The molecule has 0 saturated heterocycles. The van der Waals surface area contributed by atoms with Gasteiger partial charge in [-0.25, -0.2) is 4.98 Å². The third kappa shape index (κ3) is 3.91. The number of nitrogens with zero attached hydrogens (tertiary/aromatic N) is 2. The normalized spacial score (nSPS) is 14.4. The lowest BCUT2D eigenvalue weighted by molar-refractivity contribution is 0.359. The molecule has 2 aromatic heterocycles. The molecule has 202 valence electrons. The molecule has 0 N–H and O–H groups in total. The van der Waals surface area contributed by atoms with Crippen LogP contribution in [0.15, 0.2) is 128 Å². The van der Waals surface area contributed by atoms with Crippen LogP contribution in [-0.2, 0) is 5.41 Å². The van der Waals surface area contributed by atoms with Crippen LogP contribution in [0.1, 0.15) is 47.6 Å². The number of benzene rings is 4. The molecule has 1 aliphatic carbocycles. The van der Waals surface area contributed by atoms with Gasteiger partial charge in [0.05, 0.1) is 11.4 Å². The zero-order valence-corrected chi connectivity index (χ0v) is 23.4. The van der Waals surface area contributed by atoms with Gasteiger partial charge in [0, 0.05) is 34.9 Å². The molecular formula is C38H28N2O2. The minimum absolute atomic E-state index is 0.0742. The van der Waals surface area contributed by atoms with Crippen LogP contribution >= 0.6 is 0 Å². The van der Waals surface area contributed by atoms with Crippen molar-refractivity contribution in [1.29, 1.82) is 0 Å². The van der Waals surface area contributed by atoms with E-state index in [4.69, 9.17) is 14.5 Å². The molecule has 0 atom stereocenters. The zero-order valence-electron chi connectivity index (χ0n) is 23.4. The number of hydrogen-bond donors (Lipinski definition) is 0. The molecule has 4 aromatic carbocycles. The van der Waals surface area contributed by atoms with E-state index in [-0.39, 0.29) is 11.3 Å². The Labute approximate surface area is 245 Å². The van der Waals surface area contributed by atoms with E-state index >= 15 is 0 Å². The first-order chi connectivity index (χ1) is 20.6. The maximum Gasteiger partial charge on any atom is 0.170 e. The van der Waals surface area contributed by atoms with Crippen molar-refractivity contribution in [2.24, 2.45) is 0 Å². The van der Waals surface area contributed by atoms with E-state index in [1.165, 1.54) is 27.8 Å². The number of rotatable bonds is 3. The van der Waals surface area contributed by atoms with Crippen molar-refractivity contribution in [2.75, 3.05) is 0 Å². The largest absolute Gasteiger partial charge is 0.450 e. The second kappa shape index (κ2) is 9.42. The van der Waals surface area contributed by atoms with Crippen molar-refractivity contribution >= 4 is 0 Å². The van der Waals surface area contributed by atoms with Gasteiger partial charge in [0.2, 0.25) is 0 Å². The van der Waals surface area contributed by atoms with Crippen molar-refractivity contribution < 1.29 is 9.47 Å². The second-order valence-electron chi connectivity index (χ2n) is 11.5. The monoisotopic (exact) mass is 544 g/mol. The van der Waals surface area contributed by atoms with Gasteiger partial charge < -0.3 is 9.47 Å². The summed E-state index contributed by atoms with van der Waals surface area (Å²) in [5.41, 5.74) is 10.2. The molecular weight excluding hydrogens is 516 g/mol. The molecule has 6 aromatic rings. The Balaban J connectivity index is 1.17. The fourth-order valence-electron chi connectivity index (χ4n) is 6.51. The van der Waals surface area contributed by atoms with Crippen LogP contribution in [0, 0.1) is 0 Å². The Hall–Kier alpha value is -5.22. The van der Waals surface area contributed by atoms with Crippen LogP contribution in [0.2, 0.25) is 0 Å². The molecule has 0 saturated carbocycles. The molecule has 2 aliphatic rings. The molecule has 1 aliphatic heterocycles. The van der Waals surface area contributed by atoms with E-state index in [0.717, 1.165) is 22.5 Å². The van der Waals surface area contributed by atoms with Gasteiger partial charge in [0.25, 0.3) is 0 Å². The lowest BCUT2D eigenvalue weighted by atomic mass is 9.64. The number of hydrogen-bond acceptors (Lipinski definition) is 4. The zero-order chi connectivity index (χ0) is 28.3. The molecule has 0 bridgehead atoms. The van der Waals surface area contributed by atoms with Gasteiger partial charge in [-0.1, -0.05) is 74.5 Å². The Morgan fingerprint density at radius 3 is 1.93 bits per heavy atom. The summed E-state index contributed by atoms with van der Waals surface area (Å²) in [5, 5.41) is 0. The Morgan fingerprint density at radius 2 is 1.21 bits per heavy atom. The summed E-state index contributed by atoms with van der Waals surface area (Å²) in [6, 6.07) is 39.9. The van der Waals surface area contributed by atoms with Crippen molar-refractivity contribution in [1.82, 2.24) is 9.97 Å². The number of ether oxygens (including phenoxy) is 2. The molecule has 4 nitrogen and oxygen atoms in total. The molecule has 4 heteroatoms. The summed E-state index contributed by atoms with van der Waals surface area (Å²) in [6.45, 7) is 4.64. The van der Waals surface area contributed by atoms with Gasteiger partial charge in [0.15, 0.2) is 23.0 Å². The smallest absolute Gasteiger partial charge is 0.170 e. The van der Waals surface area contributed by atoms with E-state index in [1.807, 2.05) is 60.8 Å². The van der Waals surface area contributed by atoms with Gasteiger partial charge in [-0.3, -0.25) is 4.98 Å². The minimum Gasteiger partial charge on any atom is -0.450 e. The highest BCUT2D eigenvalue weighted by molar-refractivity contribution is 5.70. The first-order valence-electron chi connectivity index (χ1n) is 14.3. The van der Waals surface area contributed by atoms with E-state index in [0.29, 0.717) is 23.0 Å². The maximum atomic E-state index is 6.54. The summed E-state index contributed by atoms with van der Waals surface area (Å²) < 4.78 is 12.9. The van der Waals surface area contributed by atoms with Crippen LogP contribution in [-0.4, -0.2) is 9.97 Å². The van der Waals surface area contributed by atoms with Crippen molar-refractivity contribution in [2.45, 2.75) is 25.2 Å². The van der Waals surface area contributed by atoms with Crippen molar-refractivity contribution in [3.8, 4) is 45.5 Å². The van der Waals surface area contributed by atoms with Gasteiger partial charge in [-0.2, -0.15) is 0 Å². The average Bonchev–Trinajstić information content (AvgIpc) is 3.04. The predicted octanol–water partition coefficient (Wildman–Crippen LogP) is 9.53. The molecule has 0 spiro atoms. The van der Waals surface area contributed by atoms with Gasteiger partial charge in [0.1, 0.15) is 0 Å². The molecule has 0 amide bonds. The van der Waals surface area contributed by atoms with E-state index in [9.17, 15) is 0 Å². The van der Waals surface area contributed by atoms with Crippen LogP contribution in [0.3, 0.4) is 0 Å². The Kier molecular flexibility index (Phi) is 5.51. The summed E-state index contributed by atoms with van der Waals surface area (Å²) >= 11 is 0. The molecule has 0 unspecified atom stereocenters. The van der Waals surface area contributed by atoms with Gasteiger partial charge in [-0.05, 0) is 82.4 Å². The fraction of sp³-hybridized carbons (Fsp3) is 0.105. The lowest BCUT2D eigenvalue weighted by Crippen LogP contribution is -2.29. The number of fused-ring (bicyclic) bond motifs is 4. The predicted molar refractivity (Wildman–Crippen MR) is 165 cm³/mol. The Morgan fingerprint density at radius 1 is 0.571 bits per heavy atom. The highest BCUT2D eigenvalue weighted by Crippen LogP contribution is 2.52. The van der Waals surface area contributed by atoms with Crippen molar-refractivity contribution in [3.63, 3.8) is 0 Å². The summed E-state index contributed by atoms with van der Waals surface area (Å²) in [4.78, 5) is 9.14. The number of pyridine rings is 2. The van der Waals surface area contributed by atoms with Crippen LogP contribution in [0.25, 0.3) is 22.5 Å². The quantitative estimate of drug-likeness (QED) is 0.222. The topological polar surface area (TPSA) is 44.2 Å². The van der Waals surface area contributed by atoms with Crippen LogP contribution in [0.4, 0.5) is 0 Å². The second-order valence-corrected chi connectivity index (χ2v) is 11.5. The van der Waals surface area contributed by atoms with Crippen LogP contribution < -0.4 is 9.47 Å². The lowest BCUT2D eigenvalue weighted by Gasteiger charge is -2.39. The highest BCUT2D eigenvalue weighted by Gasteiger charge is 2.38. The average molecular weight is 545 g/mol. The molecule has 0 fully saturated rings. The first kappa shape index (κ1) is 24.6. The van der Waals surface area contributed by atoms with E-state index in [1.54, 1.807) is 6.20 Å². The summed E-state index contributed by atoms with van der Waals surface area (Å²) in [6.07, 6.45) is 3.60. The van der Waals surface area contributed by atoms with Crippen LogP contribution in [0.5, 0.6) is 23.0 Å². The SMILES string of the molecule is CC1(C)c2ccccc2C(c2ccc3c(c2)Oc2cc(-c4cccc(-c5cccnc5)n4)ccc2O3)c2ccccc21. The van der Waals surface area contributed by atoms with Gasteiger partial charge >= 0.3 is 0 Å². The number of aromatic nitrogens is 2. The molecule has 0 radical (unpaired) electrons.